The van der Waals surface area contributed by atoms with E-state index < -0.39 is 0 Å². The summed E-state index contributed by atoms with van der Waals surface area (Å²) < 4.78 is 0. The quantitative estimate of drug-likeness (QED) is 0.616. The van der Waals surface area contributed by atoms with Crippen LogP contribution in [-0.4, -0.2) is 36.7 Å². The van der Waals surface area contributed by atoms with Crippen molar-refractivity contribution in [2.24, 2.45) is 5.16 Å². The summed E-state index contributed by atoms with van der Waals surface area (Å²) in [6, 6.07) is 8.21. The summed E-state index contributed by atoms with van der Waals surface area (Å²) in [7, 11) is 0. The van der Waals surface area contributed by atoms with Crippen molar-refractivity contribution >= 4 is 12.1 Å². The molecular formula is C18H26N2O2. The highest BCUT2D eigenvalue weighted by molar-refractivity contribution is 5.80. The zero-order valence-electron chi connectivity index (χ0n) is 13.6. The number of likely N-dealkylation sites (tertiary alicyclic amines) is 1. The van der Waals surface area contributed by atoms with Crippen molar-refractivity contribution in [1.82, 2.24) is 4.90 Å². The number of nitrogens with zero attached hydrogens (tertiary/aromatic N) is 2. The van der Waals surface area contributed by atoms with Crippen LogP contribution in [0.5, 0.6) is 0 Å². The molecule has 0 aliphatic carbocycles. The molecule has 1 aromatic rings. The molecule has 4 heteroatoms. The van der Waals surface area contributed by atoms with Gasteiger partial charge in [-0.2, -0.15) is 0 Å². The van der Waals surface area contributed by atoms with Crippen LogP contribution < -0.4 is 0 Å². The average Bonchev–Trinajstić information content (AvgIpc) is 2.81. The molecule has 0 spiro atoms. The van der Waals surface area contributed by atoms with Crippen LogP contribution >= 0.6 is 0 Å². The van der Waals surface area contributed by atoms with Gasteiger partial charge in [0.05, 0.1) is 6.21 Å². The van der Waals surface area contributed by atoms with E-state index in [9.17, 15) is 4.79 Å². The molecule has 0 radical (unpaired) electrons. The summed E-state index contributed by atoms with van der Waals surface area (Å²) >= 11 is 0. The molecule has 1 amide bonds. The van der Waals surface area contributed by atoms with Crippen molar-refractivity contribution in [2.75, 3.05) is 19.7 Å². The normalized spacial score (nSPS) is 16.0. The smallest absolute Gasteiger partial charge is 0.263 e. The van der Waals surface area contributed by atoms with Gasteiger partial charge >= 0.3 is 0 Å². The molecule has 1 saturated heterocycles. The first-order chi connectivity index (χ1) is 10.7. The van der Waals surface area contributed by atoms with Gasteiger partial charge in [-0.05, 0) is 29.9 Å². The molecule has 1 heterocycles. The van der Waals surface area contributed by atoms with E-state index in [1.54, 1.807) is 6.21 Å². The summed E-state index contributed by atoms with van der Waals surface area (Å²) in [6.45, 7) is 6.06. The SMILES string of the molecule is CC(C)c1ccc(/C=N/OCC(=O)N2CCCCCC2)cc1. The molecule has 1 aliphatic heterocycles. The first kappa shape index (κ1) is 16.5. The predicted molar refractivity (Wildman–Crippen MR) is 89.1 cm³/mol. The molecule has 120 valence electrons. The van der Waals surface area contributed by atoms with Crippen molar-refractivity contribution in [3.8, 4) is 0 Å². The van der Waals surface area contributed by atoms with Crippen molar-refractivity contribution in [3.05, 3.63) is 35.4 Å². The number of amides is 1. The minimum atomic E-state index is 0.0284. The molecule has 22 heavy (non-hydrogen) atoms. The van der Waals surface area contributed by atoms with Gasteiger partial charge in [-0.15, -0.1) is 0 Å². The zero-order chi connectivity index (χ0) is 15.8. The van der Waals surface area contributed by atoms with E-state index in [1.165, 1.54) is 18.4 Å². The monoisotopic (exact) mass is 302 g/mol. The van der Waals surface area contributed by atoms with E-state index in [0.29, 0.717) is 5.92 Å². The van der Waals surface area contributed by atoms with E-state index in [2.05, 4.69) is 31.1 Å². The lowest BCUT2D eigenvalue weighted by Crippen LogP contribution is -2.34. The molecule has 0 unspecified atom stereocenters. The lowest BCUT2D eigenvalue weighted by atomic mass is 10.0. The lowest BCUT2D eigenvalue weighted by molar-refractivity contribution is -0.136. The number of rotatable bonds is 5. The maximum absolute atomic E-state index is 12.0. The summed E-state index contributed by atoms with van der Waals surface area (Å²) in [5.41, 5.74) is 2.28. The van der Waals surface area contributed by atoms with Gasteiger partial charge in [0.15, 0.2) is 6.61 Å². The van der Waals surface area contributed by atoms with Gasteiger partial charge < -0.3 is 9.74 Å². The number of benzene rings is 1. The van der Waals surface area contributed by atoms with Crippen LogP contribution in [0.3, 0.4) is 0 Å². The minimum Gasteiger partial charge on any atom is -0.386 e. The second kappa shape index (κ2) is 8.57. The van der Waals surface area contributed by atoms with E-state index in [-0.39, 0.29) is 12.5 Å². The summed E-state index contributed by atoms with van der Waals surface area (Å²) in [5, 5.41) is 3.90. The summed E-state index contributed by atoms with van der Waals surface area (Å²) in [5.74, 6) is 0.558. The average molecular weight is 302 g/mol. The zero-order valence-corrected chi connectivity index (χ0v) is 13.6. The molecule has 0 saturated carbocycles. The van der Waals surface area contributed by atoms with Crippen LogP contribution in [0.1, 0.15) is 56.6 Å². The third-order valence-corrected chi connectivity index (χ3v) is 4.03. The lowest BCUT2D eigenvalue weighted by Gasteiger charge is -2.19. The Morgan fingerprint density at radius 2 is 1.82 bits per heavy atom. The summed E-state index contributed by atoms with van der Waals surface area (Å²) in [6.07, 6.45) is 6.28. The Labute approximate surface area is 133 Å². The molecule has 0 atom stereocenters. The van der Waals surface area contributed by atoms with E-state index in [4.69, 9.17) is 4.84 Å². The maximum Gasteiger partial charge on any atom is 0.263 e. The molecule has 2 rings (SSSR count). The predicted octanol–water partition coefficient (Wildman–Crippen LogP) is 3.56. The van der Waals surface area contributed by atoms with Gasteiger partial charge in [0.25, 0.3) is 5.91 Å². The highest BCUT2D eigenvalue weighted by Crippen LogP contribution is 2.14. The van der Waals surface area contributed by atoms with Crippen molar-refractivity contribution in [1.29, 1.82) is 0 Å². The largest absolute Gasteiger partial charge is 0.386 e. The van der Waals surface area contributed by atoms with Crippen LogP contribution in [0.2, 0.25) is 0 Å². The Kier molecular flexibility index (Phi) is 6.44. The third kappa shape index (κ3) is 5.17. The van der Waals surface area contributed by atoms with Gasteiger partial charge in [-0.3, -0.25) is 4.79 Å². The van der Waals surface area contributed by atoms with Crippen molar-refractivity contribution in [3.63, 3.8) is 0 Å². The minimum absolute atomic E-state index is 0.0284. The number of carbonyl (C=O) groups excluding carboxylic acids is 1. The van der Waals surface area contributed by atoms with Crippen molar-refractivity contribution < 1.29 is 9.63 Å². The Hall–Kier alpha value is -1.84. The van der Waals surface area contributed by atoms with Crippen LogP contribution in [0, 0.1) is 0 Å². The Bertz CT molecular complexity index is 486. The molecule has 1 aromatic carbocycles. The van der Waals surface area contributed by atoms with Crippen molar-refractivity contribution in [2.45, 2.75) is 45.4 Å². The Morgan fingerprint density at radius 3 is 2.41 bits per heavy atom. The van der Waals surface area contributed by atoms with Crippen LogP contribution in [0.4, 0.5) is 0 Å². The number of hydrogen-bond acceptors (Lipinski definition) is 3. The molecule has 0 bridgehead atoms. The molecular weight excluding hydrogens is 276 g/mol. The van der Waals surface area contributed by atoms with E-state index >= 15 is 0 Å². The van der Waals surface area contributed by atoms with Gasteiger partial charge in [-0.1, -0.05) is 56.1 Å². The van der Waals surface area contributed by atoms with E-state index in [0.717, 1.165) is 31.5 Å². The van der Waals surface area contributed by atoms with Crippen LogP contribution in [0.25, 0.3) is 0 Å². The fraction of sp³-hybridized carbons (Fsp3) is 0.556. The number of carbonyl (C=O) groups is 1. The van der Waals surface area contributed by atoms with Gasteiger partial charge in [0.1, 0.15) is 0 Å². The van der Waals surface area contributed by atoms with Gasteiger partial charge in [0.2, 0.25) is 0 Å². The summed E-state index contributed by atoms with van der Waals surface area (Å²) in [4.78, 5) is 19.0. The maximum atomic E-state index is 12.0. The number of oxime groups is 1. The van der Waals surface area contributed by atoms with Crippen LogP contribution in [-0.2, 0) is 9.63 Å². The standard InChI is InChI=1S/C18H26N2O2/c1-15(2)17-9-7-16(8-10-17)13-19-22-14-18(21)20-11-5-3-4-6-12-20/h7-10,13,15H,3-6,11-12,14H2,1-2H3/b19-13+. The Morgan fingerprint density at radius 1 is 1.18 bits per heavy atom. The third-order valence-electron chi connectivity index (χ3n) is 4.03. The molecule has 1 fully saturated rings. The highest BCUT2D eigenvalue weighted by Gasteiger charge is 2.15. The molecule has 0 N–H and O–H groups in total. The first-order valence-corrected chi connectivity index (χ1v) is 8.20. The molecule has 0 aromatic heterocycles. The van der Waals surface area contributed by atoms with Gasteiger partial charge in [0, 0.05) is 13.1 Å². The topological polar surface area (TPSA) is 41.9 Å². The fourth-order valence-electron chi connectivity index (χ4n) is 2.57. The first-order valence-electron chi connectivity index (χ1n) is 8.20. The van der Waals surface area contributed by atoms with Gasteiger partial charge in [-0.25, -0.2) is 0 Å². The Balaban J connectivity index is 1.76. The second-order valence-electron chi connectivity index (χ2n) is 6.12. The fourth-order valence-corrected chi connectivity index (χ4v) is 2.57. The highest BCUT2D eigenvalue weighted by atomic mass is 16.6. The van der Waals surface area contributed by atoms with E-state index in [1.807, 2.05) is 17.0 Å². The molecule has 1 aliphatic rings. The second-order valence-corrected chi connectivity index (χ2v) is 6.12. The number of hydrogen-bond donors (Lipinski definition) is 0. The molecule has 4 nitrogen and oxygen atoms in total. The van der Waals surface area contributed by atoms with Crippen LogP contribution in [0.15, 0.2) is 29.4 Å².